The number of hydrogen-bond acceptors (Lipinski definition) is 4. The molecule has 5 nitrogen and oxygen atoms in total. The summed E-state index contributed by atoms with van der Waals surface area (Å²) in [4.78, 5) is 18.8. The molecule has 26 heavy (non-hydrogen) atoms. The summed E-state index contributed by atoms with van der Waals surface area (Å²) in [5, 5.41) is 0. The van der Waals surface area contributed by atoms with Gasteiger partial charge in [-0.2, -0.15) is 0 Å². The number of rotatable bonds is 4. The molecule has 0 saturated carbocycles. The Morgan fingerprint density at radius 1 is 1.15 bits per heavy atom. The number of nitrogens with zero attached hydrogens (tertiary/aromatic N) is 2. The molecule has 1 fully saturated rings. The fourth-order valence-corrected chi connectivity index (χ4v) is 3.57. The first-order valence-corrected chi connectivity index (χ1v) is 9.78. The number of hydrogen-bond donors (Lipinski definition) is 0. The van der Waals surface area contributed by atoms with E-state index in [1.54, 1.807) is 0 Å². The van der Waals surface area contributed by atoms with Crippen molar-refractivity contribution >= 4 is 39.6 Å². The zero-order valence-electron chi connectivity index (χ0n) is 14.2. The normalized spacial score (nSPS) is 15.3. The van der Waals surface area contributed by atoms with E-state index in [-0.39, 0.29) is 18.4 Å². The fraction of sp³-hybridized carbons (Fsp3) is 0.300. The Labute approximate surface area is 165 Å². The van der Waals surface area contributed by atoms with E-state index in [4.69, 9.17) is 9.15 Å². The largest absolute Gasteiger partial charge is 0.484 e. The minimum absolute atomic E-state index is 0.0274. The maximum atomic E-state index is 12.4. The molecule has 1 aliphatic rings. The van der Waals surface area contributed by atoms with Crippen LogP contribution < -0.4 is 4.74 Å². The van der Waals surface area contributed by atoms with Crippen molar-refractivity contribution in [3.63, 3.8) is 0 Å². The second kappa shape index (κ2) is 7.65. The Kier molecular flexibility index (Phi) is 5.10. The quantitative estimate of drug-likeness (QED) is 0.545. The molecular weight excluding hydrogens is 443 g/mol. The number of aromatic nitrogens is 1. The molecule has 1 aliphatic heterocycles. The number of fused-ring (bicyclic) bond motifs is 1. The van der Waals surface area contributed by atoms with Gasteiger partial charge in [0.25, 0.3) is 5.91 Å². The van der Waals surface area contributed by atoms with Gasteiger partial charge in [0.15, 0.2) is 18.1 Å². The molecule has 2 aromatic carbocycles. The van der Waals surface area contributed by atoms with Gasteiger partial charge in [0, 0.05) is 22.6 Å². The van der Waals surface area contributed by atoms with Gasteiger partial charge in [0.1, 0.15) is 11.3 Å². The van der Waals surface area contributed by atoms with Crippen LogP contribution in [-0.4, -0.2) is 35.5 Å². The molecular formula is C20H19IN2O3. The van der Waals surface area contributed by atoms with E-state index in [0.717, 1.165) is 39.2 Å². The third-order valence-corrected chi connectivity index (χ3v) is 5.40. The van der Waals surface area contributed by atoms with Gasteiger partial charge in [0.2, 0.25) is 0 Å². The smallest absolute Gasteiger partial charge is 0.260 e. The van der Waals surface area contributed by atoms with Crippen molar-refractivity contribution < 1.29 is 13.9 Å². The van der Waals surface area contributed by atoms with Crippen molar-refractivity contribution in [2.24, 2.45) is 0 Å². The molecule has 0 aliphatic carbocycles. The molecule has 0 unspecified atom stereocenters. The van der Waals surface area contributed by atoms with Crippen molar-refractivity contribution in [3.8, 4) is 5.75 Å². The molecule has 1 saturated heterocycles. The van der Waals surface area contributed by atoms with E-state index in [9.17, 15) is 4.79 Å². The van der Waals surface area contributed by atoms with Crippen LogP contribution in [0.15, 0.2) is 52.9 Å². The van der Waals surface area contributed by atoms with Crippen LogP contribution in [0.1, 0.15) is 24.7 Å². The lowest BCUT2D eigenvalue weighted by atomic mass is 9.97. The van der Waals surface area contributed by atoms with Crippen molar-refractivity contribution in [1.29, 1.82) is 0 Å². The van der Waals surface area contributed by atoms with E-state index < -0.39 is 0 Å². The van der Waals surface area contributed by atoms with Gasteiger partial charge in [-0.05, 0) is 71.8 Å². The van der Waals surface area contributed by atoms with E-state index in [1.807, 2.05) is 53.4 Å². The third-order valence-electron chi connectivity index (χ3n) is 4.68. The highest BCUT2D eigenvalue weighted by Gasteiger charge is 2.27. The monoisotopic (exact) mass is 462 g/mol. The van der Waals surface area contributed by atoms with E-state index in [1.165, 1.54) is 0 Å². The SMILES string of the molecule is O=C(COc1ccc(I)cc1)N1CCC(c2nc3ccccc3o2)CC1. The molecule has 0 bridgehead atoms. The summed E-state index contributed by atoms with van der Waals surface area (Å²) in [6.07, 6.45) is 1.73. The molecule has 0 spiro atoms. The van der Waals surface area contributed by atoms with Crippen LogP contribution in [0, 0.1) is 3.57 Å². The second-order valence-electron chi connectivity index (χ2n) is 6.42. The van der Waals surface area contributed by atoms with Gasteiger partial charge in [-0.15, -0.1) is 0 Å². The van der Waals surface area contributed by atoms with Crippen molar-refractivity contribution in [3.05, 3.63) is 58.0 Å². The molecule has 2 heterocycles. The van der Waals surface area contributed by atoms with Gasteiger partial charge in [0.05, 0.1) is 0 Å². The maximum absolute atomic E-state index is 12.4. The topological polar surface area (TPSA) is 55.6 Å². The van der Waals surface area contributed by atoms with E-state index in [2.05, 4.69) is 27.6 Å². The number of benzene rings is 2. The Morgan fingerprint density at radius 3 is 2.62 bits per heavy atom. The highest BCUT2D eigenvalue weighted by molar-refractivity contribution is 14.1. The summed E-state index contributed by atoms with van der Waals surface area (Å²) in [6.45, 7) is 1.49. The van der Waals surface area contributed by atoms with E-state index >= 15 is 0 Å². The Bertz CT molecular complexity index is 866. The first kappa shape index (κ1) is 17.3. The molecule has 0 N–H and O–H groups in total. The molecule has 1 amide bonds. The van der Waals surface area contributed by atoms with Crippen LogP contribution in [0.2, 0.25) is 0 Å². The van der Waals surface area contributed by atoms with Crippen LogP contribution >= 0.6 is 22.6 Å². The summed E-state index contributed by atoms with van der Waals surface area (Å²) < 4.78 is 12.6. The number of oxazole rings is 1. The second-order valence-corrected chi connectivity index (χ2v) is 7.66. The zero-order chi connectivity index (χ0) is 17.9. The number of carbonyl (C=O) groups is 1. The third kappa shape index (κ3) is 3.85. The lowest BCUT2D eigenvalue weighted by Crippen LogP contribution is -2.40. The van der Waals surface area contributed by atoms with Crippen molar-refractivity contribution in [2.75, 3.05) is 19.7 Å². The summed E-state index contributed by atoms with van der Waals surface area (Å²) in [5.41, 5.74) is 1.72. The number of carbonyl (C=O) groups excluding carboxylic acids is 1. The lowest BCUT2D eigenvalue weighted by Gasteiger charge is -2.30. The molecule has 4 rings (SSSR count). The van der Waals surface area contributed by atoms with Crippen LogP contribution in [0.5, 0.6) is 5.75 Å². The number of para-hydroxylation sites is 2. The molecule has 134 valence electrons. The molecule has 0 atom stereocenters. The first-order chi connectivity index (χ1) is 12.7. The van der Waals surface area contributed by atoms with Gasteiger partial charge in [-0.25, -0.2) is 4.98 Å². The predicted octanol–water partition coefficient (Wildman–Crippen LogP) is 4.22. The van der Waals surface area contributed by atoms with Crippen LogP contribution in [0.4, 0.5) is 0 Å². The fourth-order valence-electron chi connectivity index (χ4n) is 3.21. The molecule has 1 aromatic heterocycles. The van der Waals surface area contributed by atoms with Gasteiger partial charge in [-0.3, -0.25) is 4.79 Å². The maximum Gasteiger partial charge on any atom is 0.260 e. The summed E-state index contributed by atoms with van der Waals surface area (Å²) >= 11 is 2.24. The Balaban J connectivity index is 1.31. The van der Waals surface area contributed by atoms with Gasteiger partial charge in [-0.1, -0.05) is 12.1 Å². The summed E-state index contributed by atoms with van der Waals surface area (Å²) in [6, 6.07) is 15.5. The molecule has 3 aromatic rings. The number of piperidine rings is 1. The highest BCUT2D eigenvalue weighted by Crippen LogP contribution is 2.30. The standard InChI is InChI=1S/C20H19IN2O3/c21-15-5-7-16(8-6-15)25-13-19(24)23-11-9-14(10-12-23)20-22-17-3-1-2-4-18(17)26-20/h1-8,14H,9-13H2. The number of amides is 1. The molecule has 0 radical (unpaired) electrons. The van der Waals surface area contributed by atoms with E-state index in [0.29, 0.717) is 13.1 Å². The molecule has 6 heteroatoms. The number of likely N-dealkylation sites (tertiary alicyclic amines) is 1. The van der Waals surface area contributed by atoms with Crippen molar-refractivity contribution in [1.82, 2.24) is 9.88 Å². The first-order valence-electron chi connectivity index (χ1n) is 8.70. The van der Waals surface area contributed by atoms with Crippen molar-refractivity contribution in [2.45, 2.75) is 18.8 Å². The zero-order valence-corrected chi connectivity index (χ0v) is 16.4. The minimum Gasteiger partial charge on any atom is -0.484 e. The lowest BCUT2D eigenvalue weighted by molar-refractivity contribution is -0.134. The minimum atomic E-state index is 0.0274. The average molecular weight is 462 g/mol. The van der Waals surface area contributed by atoms with Crippen LogP contribution in [0.3, 0.4) is 0 Å². The highest BCUT2D eigenvalue weighted by atomic mass is 127. The van der Waals surface area contributed by atoms with Crippen LogP contribution in [0.25, 0.3) is 11.1 Å². The average Bonchev–Trinajstić information content (AvgIpc) is 3.12. The number of ether oxygens (including phenoxy) is 1. The summed E-state index contributed by atoms with van der Waals surface area (Å²) in [7, 11) is 0. The van der Waals surface area contributed by atoms with Crippen LogP contribution in [-0.2, 0) is 4.79 Å². The Hall–Kier alpha value is -2.09. The number of halogens is 1. The predicted molar refractivity (Wildman–Crippen MR) is 107 cm³/mol. The van der Waals surface area contributed by atoms with Gasteiger partial charge < -0.3 is 14.1 Å². The Morgan fingerprint density at radius 2 is 1.88 bits per heavy atom. The summed E-state index contributed by atoms with van der Waals surface area (Å²) in [5.74, 6) is 1.80. The van der Waals surface area contributed by atoms with Gasteiger partial charge >= 0.3 is 0 Å².